The summed E-state index contributed by atoms with van der Waals surface area (Å²) in [5, 5.41) is 1.24. The molecule has 1 saturated heterocycles. The highest BCUT2D eigenvalue weighted by Gasteiger charge is 2.26. The monoisotopic (exact) mass is 439 g/mol. The lowest BCUT2D eigenvalue weighted by molar-refractivity contribution is 0.100. The highest BCUT2D eigenvalue weighted by atomic mass is 35.5. The summed E-state index contributed by atoms with van der Waals surface area (Å²) in [6.07, 6.45) is 1.62. The number of rotatable bonds is 3. The van der Waals surface area contributed by atoms with E-state index in [-0.39, 0.29) is 16.6 Å². The van der Waals surface area contributed by atoms with Gasteiger partial charge in [-0.15, -0.1) is 0 Å². The summed E-state index contributed by atoms with van der Waals surface area (Å²) in [6.45, 7) is 3.75. The van der Waals surface area contributed by atoms with Crippen molar-refractivity contribution in [3.63, 3.8) is 0 Å². The largest absolute Gasteiger partial charge is 0.378 e. The molecule has 5 rings (SSSR count). The number of pyridine rings is 1. The summed E-state index contributed by atoms with van der Waals surface area (Å²) < 4.78 is 23.1. The van der Waals surface area contributed by atoms with Crippen molar-refractivity contribution < 1.29 is 13.9 Å². The van der Waals surface area contributed by atoms with Crippen LogP contribution in [0.3, 0.4) is 0 Å². The van der Waals surface area contributed by atoms with Crippen molar-refractivity contribution in [1.82, 2.24) is 14.5 Å². The average molecular weight is 440 g/mol. The van der Waals surface area contributed by atoms with Gasteiger partial charge in [-0.3, -0.25) is 14.3 Å². The van der Waals surface area contributed by atoms with Crippen molar-refractivity contribution in [3.05, 3.63) is 58.8 Å². The molecular weight excluding hydrogens is 421 g/mol. The Hall–Kier alpha value is -3.23. The number of imidazole rings is 1. The van der Waals surface area contributed by atoms with E-state index in [0.717, 1.165) is 5.39 Å². The maximum atomic E-state index is 16.0. The van der Waals surface area contributed by atoms with Gasteiger partial charge in [-0.1, -0.05) is 23.7 Å². The van der Waals surface area contributed by atoms with E-state index in [1.807, 2.05) is 17.0 Å². The van der Waals surface area contributed by atoms with Gasteiger partial charge in [0.2, 0.25) is 0 Å². The molecule has 0 radical (unpaired) electrons. The molecule has 0 spiro atoms. The Morgan fingerprint density at radius 3 is 2.71 bits per heavy atom. The van der Waals surface area contributed by atoms with Crippen LogP contribution in [-0.4, -0.2) is 46.7 Å². The van der Waals surface area contributed by atoms with Crippen LogP contribution in [0, 0.1) is 12.7 Å². The number of morpholine rings is 1. The second-order valence-corrected chi connectivity index (χ2v) is 7.79. The summed E-state index contributed by atoms with van der Waals surface area (Å²) in [5.41, 5.74) is 7.83. The van der Waals surface area contributed by atoms with Gasteiger partial charge in [-0.05, 0) is 25.1 Å². The summed E-state index contributed by atoms with van der Waals surface area (Å²) >= 11 is 6.33. The van der Waals surface area contributed by atoms with Crippen LogP contribution in [0.25, 0.3) is 27.6 Å². The van der Waals surface area contributed by atoms with Crippen molar-refractivity contribution in [2.75, 3.05) is 31.2 Å². The minimum Gasteiger partial charge on any atom is -0.378 e. The molecule has 0 unspecified atom stereocenters. The van der Waals surface area contributed by atoms with Gasteiger partial charge in [-0.25, -0.2) is 9.37 Å². The first-order valence-electron chi connectivity index (χ1n) is 9.85. The van der Waals surface area contributed by atoms with Crippen LogP contribution in [0.5, 0.6) is 0 Å². The number of fused-ring (bicyclic) bond motifs is 2. The molecule has 158 valence electrons. The van der Waals surface area contributed by atoms with Crippen LogP contribution in [0.1, 0.15) is 16.2 Å². The number of carbonyl (C=O) groups is 1. The zero-order valence-corrected chi connectivity index (χ0v) is 17.5. The van der Waals surface area contributed by atoms with E-state index in [0.29, 0.717) is 54.0 Å². The van der Waals surface area contributed by atoms with Crippen molar-refractivity contribution in [1.29, 1.82) is 0 Å². The second kappa shape index (κ2) is 7.47. The topological polar surface area (TPSA) is 86.3 Å². The molecule has 1 amide bonds. The highest BCUT2D eigenvalue weighted by Crippen LogP contribution is 2.35. The molecule has 1 aliphatic rings. The number of amides is 1. The van der Waals surface area contributed by atoms with E-state index < -0.39 is 11.7 Å². The predicted molar refractivity (Wildman–Crippen MR) is 118 cm³/mol. The summed E-state index contributed by atoms with van der Waals surface area (Å²) in [5.74, 6) is -0.607. The molecule has 0 atom stereocenters. The van der Waals surface area contributed by atoms with Gasteiger partial charge < -0.3 is 15.4 Å². The fourth-order valence-corrected chi connectivity index (χ4v) is 4.37. The summed E-state index contributed by atoms with van der Waals surface area (Å²) in [7, 11) is 0. The fraction of sp³-hybridized carbons (Fsp3) is 0.227. The van der Waals surface area contributed by atoms with Gasteiger partial charge in [0.15, 0.2) is 5.82 Å². The molecular formula is C22H19ClFN5O2. The van der Waals surface area contributed by atoms with E-state index >= 15 is 4.39 Å². The third kappa shape index (κ3) is 3.10. The van der Waals surface area contributed by atoms with Crippen molar-refractivity contribution in [3.8, 4) is 5.69 Å². The molecule has 2 N–H and O–H groups in total. The number of nitrogens with zero attached hydrogens (tertiary/aromatic N) is 4. The SMILES string of the molecule is Cc1nc2c(C(N)=O)cc(N3CCOCC3)c(F)c2n1-c1ccnc2c(Cl)cccc12. The Labute approximate surface area is 182 Å². The normalized spacial score (nSPS) is 14.5. The van der Waals surface area contributed by atoms with Crippen molar-refractivity contribution in [2.24, 2.45) is 5.73 Å². The Morgan fingerprint density at radius 1 is 1.19 bits per heavy atom. The lowest BCUT2D eigenvalue weighted by Gasteiger charge is -2.29. The van der Waals surface area contributed by atoms with Crippen LogP contribution in [0.4, 0.5) is 10.1 Å². The van der Waals surface area contributed by atoms with E-state index in [2.05, 4.69) is 9.97 Å². The van der Waals surface area contributed by atoms with Crippen LogP contribution in [0.2, 0.25) is 5.02 Å². The zero-order chi connectivity index (χ0) is 21.7. The quantitative estimate of drug-likeness (QED) is 0.527. The standard InChI is InChI=1S/C22H19ClFN5O2/c1-12-27-20-14(22(25)30)11-17(28-7-9-31-10-8-28)18(24)21(20)29(12)16-5-6-26-19-13(16)3-2-4-15(19)23/h2-6,11H,7-10H2,1H3,(H2,25,30). The van der Waals surface area contributed by atoms with E-state index in [9.17, 15) is 4.79 Å². The molecule has 1 fully saturated rings. The van der Waals surface area contributed by atoms with Gasteiger partial charge in [0.05, 0.1) is 40.7 Å². The number of anilines is 1. The molecule has 31 heavy (non-hydrogen) atoms. The number of aryl methyl sites for hydroxylation is 1. The lowest BCUT2D eigenvalue weighted by Crippen LogP contribution is -2.37. The number of hydrogen-bond acceptors (Lipinski definition) is 5. The fourth-order valence-electron chi connectivity index (χ4n) is 4.15. The van der Waals surface area contributed by atoms with Crippen LogP contribution < -0.4 is 10.6 Å². The van der Waals surface area contributed by atoms with Crippen molar-refractivity contribution in [2.45, 2.75) is 6.92 Å². The predicted octanol–water partition coefficient (Wildman–Crippen LogP) is 3.61. The molecule has 7 nitrogen and oxygen atoms in total. The Balaban J connectivity index is 1.87. The molecule has 2 aromatic heterocycles. The lowest BCUT2D eigenvalue weighted by atomic mass is 10.1. The van der Waals surface area contributed by atoms with Crippen LogP contribution in [-0.2, 0) is 4.74 Å². The molecule has 0 bridgehead atoms. The first-order valence-corrected chi connectivity index (χ1v) is 10.2. The molecule has 3 heterocycles. The molecule has 2 aromatic carbocycles. The van der Waals surface area contributed by atoms with Gasteiger partial charge >= 0.3 is 0 Å². The van der Waals surface area contributed by atoms with Crippen molar-refractivity contribution >= 4 is 45.1 Å². The van der Waals surface area contributed by atoms with Gasteiger partial charge in [-0.2, -0.15) is 0 Å². The maximum absolute atomic E-state index is 16.0. The highest BCUT2D eigenvalue weighted by molar-refractivity contribution is 6.35. The number of hydrogen-bond donors (Lipinski definition) is 1. The third-order valence-electron chi connectivity index (χ3n) is 5.57. The number of benzene rings is 2. The molecule has 0 saturated carbocycles. The molecule has 4 aromatic rings. The van der Waals surface area contributed by atoms with E-state index in [4.69, 9.17) is 22.1 Å². The average Bonchev–Trinajstić information content (AvgIpc) is 3.11. The van der Waals surface area contributed by atoms with E-state index in [1.54, 1.807) is 29.8 Å². The number of halogens is 2. The number of primary amides is 1. The maximum Gasteiger partial charge on any atom is 0.251 e. The Kier molecular flexibility index (Phi) is 4.75. The van der Waals surface area contributed by atoms with Gasteiger partial charge in [0.25, 0.3) is 5.91 Å². The van der Waals surface area contributed by atoms with Gasteiger partial charge in [0.1, 0.15) is 16.9 Å². The summed E-state index contributed by atoms with van der Waals surface area (Å²) in [6, 6.07) is 8.70. The summed E-state index contributed by atoms with van der Waals surface area (Å²) in [4.78, 5) is 23.0. The number of aromatic nitrogens is 3. The number of nitrogens with two attached hydrogens (primary N) is 1. The molecule has 9 heteroatoms. The number of para-hydroxylation sites is 1. The molecule has 0 aliphatic carbocycles. The van der Waals surface area contributed by atoms with Crippen LogP contribution in [0.15, 0.2) is 36.5 Å². The van der Waals surface area contributed by atoms with Crippen LogP contribution >= 0.6 is 11.6 Å². The van der Waals surface area contributed by atoms with Gasteiger partial charge in [0, 0.05) is 24.7 Å². The second-order valence-electron chi connectivity index (χ2n) is 7.38. The Morgan fingerprint density at radius 2 is 1.97 bits per heavy atom. The first-order chi connectivity index (χ1) is 15.0. The number of ether oxygens (including phenoxy) is 1. The number of carbonyl (C=O) groups excluding carboxylic acids is 1. The Bertz CT molecular complexity index is 1350. The molecule has 1 aliphatic heterocycles. The van der Waals surface area contributed by atoms with E-state index in [1.165, 1.54) is 6.07 Å². The minimum atomic E-state index is -0.660. The smallest absolute Gasteiger partial charge is 0.251 e. The minimum absolute atomic E-state index is 0.177. The zero-order valence-electron chi connectivity index (χ0n) is 16.7. The first kappa shape index (κ1) is 19.7. The third-order valence-corrected chi connectivity index (χ3v) is 5.88.